The topological polar surface area (TPSA) is 43.8 Å². The highest BCUT2D eigenvalue weighted by molar-refractivity contribution is 5.30. The number of nitrogens with two attached hydrogens (primary N) is 1. The van der Waals surface area contributed by atoms with Crippen LogP contribution in [0.2, 0.25) is 0 Å². The van der Waals surface area contributed by atoms with E-state index in [2.05, 4.69) is 18.9 Å². The summed E-state index contributed by atoms with van der Waals surface area (Å²) >= 11 is 0. The lowest BCUT2D eigenvalue weighted by atomic mass is 10.4. The number of nitrogen functional groups attached to an aromatic ring is 1. The van der Waals surface area contributed by atoms with Crippen LogP contribution in [-0.4, -0.2) is 9.78 Å². The number of anilines is 1. The molecule has 0 radical (unpaired) electrons. The standard InChI is InChI=1S/C6H11N3.C2H6/c1-5(2)9-4-6(7)3-8-9;1-2/h3-5H,7H2,1-2H3;1-2H3. The van der Waals surface area contributed by atoms with Crippen LogP contribution in [0.3, 0.4) is 0 Å². The highest BCUT2D eigenvalue weighted by Gasteiger charge is 1.96. The molecule has 0 unspecified atom stereocenters. The summed E-state index contributed by atoms with van der Waals surface area (Å²) in [6.07, 6.45) is 3.48. The maximum Gasteiger partial charge on any atom is 0.0719 e. The first-order valence-electron chi connectivity index (χ1n) is 4.00. The van der Waals surface area contributed by atoms with E-state index in [0.717, 1.165) is 5.69 Å². The average molecular weight is 155 g/mol. The van der Waals surface area contributed by atoms with Crippen molar-refractivity contribution in [2.75, 3.05) is 5.73 Å². The minimum atomic E-state index is 0.405. The molecule has 0 aromatic carbocycles. The molecule has 0 saturated heterocycles. The summed E-state index contributed by atoms with van der Waals surface area (Å²) in [6, 6.07) is 0.405. The number of rotatable bonds is 1. The molecule has 0 bridgehead atoms. The summed E-state index contributed by atoms with van der Waals surface area (Å²) in [5, 5.41) is 4.01. The van der Waals surface area contributed by atoms with E-state index in [9.17, 15) is 0 Å². The predicted octanol–water partition coefficient (Wildman–Crippen LogP) is 2.07. The van der Waals surface area contributed by atoms with Gasteiger partial charge in [0.1, 0.15) is 0 Å². The summed E-state index contributed by atoms with van der Waals surface area (Å²) in [5.41, 5.74) is 6.16. The van der Waals surface area contributed by atoms with Crippen molar-refractivity contribution >= 4 is 5.69 Å². The maximum atomic E-state index is 5.43. The first kappa shape index (κ1) is 10.0. The van der Waals surface area contributed by atoms with Gasteiger partial charge in [0.05, 0.1) is 11.9 Å². The molecule has 64 valence electrons. The molecule has 1 aromatic heterocycles. The molecule has 11 heavy (non-hydrogen) atoms. The Labute approximate surface area is 68.2 Å². The van der Waals surface area contributed by atoms with Crippen LogP contribution in [0.15, 0.2) is 12.4 Å². The third kappa shape index (κ3) is 3.07. The lowest BCUT2D eigenvalue weighted by Crippen LogP contribution is -1.99. The van der Waals surface area contributed by atoms with Gasteiger partial charge in [-0.2, -0.15) is 5.10 Å². The summed E-state index contributed by atoms with van der Waals surface area (Å²) in [5.74, 6) is 0. The van der Waals surface area contributed by atoms with Gasteiger partial charge in [0.2, 0.25) is 0 Å². The smallest absolute Gasteiger partial charge is 0.0719 e. The van der Waals surface area contributed by atoms with Gasteiger partial charge in [-0.1, -0.05) is 13.8 Å². The van der Waals surface area contributed by atoms with Crippen molar-refractivity contribution in [2.24, 2.45) is 0 Å². The second-order valence-corrected chi connectivity index (χ2v) is 2.35. The van der Waals surface area contributed by atoms with Gasteiger partial charge < -0.3 is 5.73 Å². The number of hydrogen-bond donors (Lipinski definition) is 1. The zero-order chi connectivity index (χ0) is 8.85. The highest BCUT2D eigenvalue weighted by atomic mass is 15.3. The molecule has 0 atom stereocenters. The van der Waals surface area contributed by atoms with Crippen LogP contribution in [0.1, 0.15) is 33.7 Å². The SMILES string of the molecule is CC.CC(C)n1cc(N)cn1. The van der Waals surface area contributed by atoms with E-state index in [1.54, 1.807) is 6.20 Å². The van der Waals surface area contributed by atoms with Gasteiger partial charge in [0, 0.05) is 12.2 Å². The van der Waals surface area contributed by atoms with E-state index in [0.29, 0.717) is 6.04 Å². The van der Waals surface area contributed by atoms with E-state index in [-0.39, 0.29) is 0 Å². The van der Waals surface area contributed by atoms with E-state index >= 15 is 0 Å². The van der Waals surface area contributed by atoms with Crippen molar-refractivity contribution in [3.63, 3.8) is 0 Å². The molecule has 1 rings (SSSR count). The van der Waals surface area contributed by atoms with Crippen molar-refractivity contribution in [1.82, 2.24) is 9.78 Å². The summed E-state index contributed by atoms with van der Waals surface area (Å²) < 4.78 is 1.83. The Bertz CT molecular complexity index is 191. The highest BCUT2D eigenvalue weighted by Crippen LogP contribution is 2.04. The summed E-state index contributed by atoms with van der Waals surface area (Å²) in [7, 11) is 0. The number of hydrogen-bond acceptors (Lipinski definition) is 2. The molecule has 1 heterocycles. The fourth-order valence-electron chi connectivity index (χ4n) is 0.635. The van der Waals surface area contributed by atoms with Gasteiger partial charge in [0.15, 0.2) is 0 Å². The number of aromatic nitrogens is 2. The summed E-state index contributed by atoms with van der Waals surface area (Å²) in [6.45, 7) is 8.12. The zero-order valence-corrected chi connectivity index (χ0v) is 7.70. The third-order valence-corrected chi connectivity index (χ3v) is 1.15. The Morgan fingerprint density at radius 3 is 2.18 bits per heavy atom. The van der Waals surface area contributed by atoms with Gasteiger partial charge in [-0.3, -0.25) is 4.68 Å². The van der Waals surface area contributed by atoms with Crippen LogP contribution in [-0.2, 0) is 0 Å². The van der Waals surface area contributed by atoms with Gasteiger partial charge in [-0.25, -0.2) is 0 Å². The quantitative estimate of drug-likeness (QED) is 0.674. The molecule has 0 aliphatic carbocycles. The third-order valence-electron chi connectivity index (χ3n) is 1.15. The van der Waals surface area contributed by atoms with E-state index in [1.807, 2.05) is 24.7 Å². The van der Waals surface area contributed by atoms with Crippen LogP contribution in [0.25, 0.3) is 0 Å². The van der Waals surface area contributed by atoms with Crippen molar-refractivity contribution in [3.05, 3.63) is 12.4 Å². The first-order chi connectivity index (χ1) is 5.20. The van der Waals surface area contributed by atoms with Gasteiger partial charge >= 0.3 is 0 Å². The van der Waals surface area contributed by atoms with Crippen LogP contribution < -0.4 is 5.73 Å². The predicted molar refractivity (Wildman–Crippen MR) is 48.4 cm³/mol. The Morgan fingerprint density at radius 2 is 2.00 bits per heavy atom. The van der Waals surface area contributed by atoms with Crippen molar-refractivity contribution in [2.45, 2.75) is 33.7 Å². The summed E-state index contributed by atoms with van der Waals surface area (Å²) in [4.78, 5) is 0. The molecule has 3 nitrogen and oxygen atoms in total. The molecular weight excluding hydrogens is 138 g/mol. The molecule has 0 amide bonds. The molecular formula is C8H17N3. The zero-order valence-electron chi connectivity index (χ0n) is 7.70. The molecule has 0 fully saturated rings. The van der Waals surface area contributed by atoms with Crippen LogP contribution in [0, 0.1) is 0 Å². The molecule has 0 saturated carbocycles. The van der Waals surface area contributed by atoms with Gasteiger partial charge in [-0.15, -0.1) is 0 Å². The average Bonchev–Trinajstić information content (AvgIpc) is 2.40. The van der Waals surface area contributed by atoms with Crippen molar-refractivity contribution in [3.8, 4) is 0 Å². The Morgan fingerprint density at radius 1 is 1.45 bits per heavy atom. The lowest BCUT2D eigenvalue weighted by Gasteiger charge is -2.01. The van der Waals surface area contributed by atoms with Crippen LogP contribution in [0.5, 0.6) is 0 Å². The molecule has 3 heteroatoms. The number of nitrogens with zero attached hydrogens (tertiary/aromatic N) is 2. The minimum absolute atomic E-state index is 0.405. The van der Waals surface area contributed by atoms with Crippen molar-refractivity contribution in [1.29, 1.82) is 0 Å². The Balaban J connectivity index is 0.000000461. The largest absolute Gasteiger partial charge is 0.396 e. The maximum absolute atomic E-state index is 5.43. The fourth-order valence-corrected chi connectivity index (χ4v) is 0.635. The monoisotopic (exact) mass is 155 g/mol. The van der Waals surface area contributed by atoms with E-state index in [4.69, 9.17) is 5.73 Å². The van der Waals surface area contributed by atoms with Gasteiger partial charge in [0.25, 0.3) is 0 Å². The lowest BCUT2D eigenvalue weighted by molar-refractivity contribution is 0.532. The van der Waals surface area contributed by atoms with E-state index < -0.39 is 0 Å². The first-order valence-corrected chi connectivity index (χ1v) is 4.00. The van der Waals surface area contributed by atoms with Crippen LogP contribution >= 0.6 is 0 Å². The van der Waals surface area contributed by atoms with Crippen LogP contribution in [0.4, 0.5) is 5.69 Å². The molecule has 0 aliphatic heterocycles. The Kier molecular flexibility index (Phi) is 4.34. The molecule has 0 aliphatic rings. The second-order valence-electron chi connectivity index (χ2n) is 2.35. The second kappa shape index (κ2) is 4.77. The molecule has 1 aromatic rings. The molecule has 0 spiro atoms. The van der Waals surface area contributed by atoms with E-state index in [1.165, 1.54) is 0 Å². The van der Waals surface area contributed by atoms with Gasteiger partial charge in [-0.05, 0) is 13.8 Å². The minimum Gasteiger partial charge on any atom is -0.396 e. The Hall–Kier alpha value is -0.990. The fraction of sp³-hybridized carbons (Fsp3) is 0.625. The van der Waals surface area contributed by atoms with Crippen molar-refractivity contribution < 1.29 is 0 Å². The molecule has 2 N–H and O–H groups in total. The normalized spacial score (nSPS) is 9.18.